The van der Waals surface area contributed by atoms with E-state index >= 15 is 0 Å². The number of fused-ring (bicyclic) bond motifs is 1. The van der Waals surface area contributed by atoms with Gasteiger partial charge in [-0.2, -0.15) is 0 Å². The minimum atomic E-state index is 0.491. The molecule has 0 aromatic rings. The molecule has 0 heterocycles. The van der Waals surface area contributed by atoms with Crippen molar-refractivity contribution in [2.45, 2.75) is 79.1 Å². The maximum atomic E-state index is 4.45. The van der Waals surface area contributed by atoms with Crippen molar-refractivity contribution in [3.05, 3.63) is 24.3 Å². The quantitative estimate of drug-likeness (QED) is 0.511. The lowest BCUT2D eigenvalue weighted by atomic mass is 9.47. The van der Waals surface area contributed by atoms with Crippen LogP contribution in [0.3, 0.4) is 0 Å². The average molecular weight is 274 g/mol. The molecule has 0 nitrogen and oxygen atoms in total. The monoisotopic (exact) mass is 274 g/mol. The highest BCUT2D eigenvalue weighted by Crippen LogP contribution is 2.61. The Labute approximate surface area is 126 Å². The Kier molecular flexibility index (Phi) is 4.52. The Bertz CT molecular complexity index is 387. The van der Waals surface area contributed by atoms with Gasteiger partial charge in [0.1, 0.15) is 0 Å². The minimum Gasteiger partial charge on any atom is -0.0999 e. The molecular formula is C20H34. The van der Waals surface area contributed by atoms with Crippen LogP contribution in [-0.2, 0) is 0 Å². The molecule has 0 aromatic carbocycles. The van der Waals surface area contributed by atoms with Crippen molar-refractivity contribution in [3.8, 4) is 0 Å². The van der Waals surface area contributed by atoms with Gasteiger partial charge in [0.2, 0.25) is 0 Å². The first-order valence-corrected chi connectivity index (χ1v) is 8.65. The van der Waals surface area contributed by atoms with Gasteiger partial charge in [-0.05, 0) is 67.6 Å². The Morgan fingerprint density at radius 2 is 1.95 bits per heavy atom. The third-order valence-corrected chi connectivity index (χ3v) is 6.61. The lowest BCUT2D eigenvalue weighted by molar-refractivity contribution is -0.0539. The molecule has 0 unspecified atom stereocenters. The zero-order chi connectivity index (χ0) is 15.0. The molecule has 0 spiro atoms. The first-order chi connectivity index (χ1) is 9.31. The van der Waals surface area contributed by atoms with Gasteiger partial charge in [0.05, 0.1) is 0 Å². The van der Waals surface area contributed by atoms with Crippen molar-refractivity contribution in [2.75, 3.05) is 0 Å². The topological polar surface area (TPSA) is 0 Å². The Hall–Kier alpha value is -0.520. The van der Waals surface area contributed by atoms with Crippen LogP contribution in [0.15, 0.2) is 24.3 Å². The maximum Gasteiger partial charge on any atom is -0.0146 e. The molecule has 3 atom stereocenters. The van der Waals surface area contributed by atoms with Crippen molar-refractivity contribution in [2.24, 2.45) is 22.7 Å². The van der Waals surface area contributed by atoms with Gasteiger partial charge in [-0.3, -0.25) is 0 Å². The summed E-state index contributed by atoms with van der Waals surface area (Å²) in [5.74, 6) is 1.61. The summed E-state index contributed by atoms with van der Waals surface area (Å²) in [5.41, 5.74) is 3.96. The molecular weight excluding hydrogens is 240 g/mol. The van der Waals surface area contributed by atoms with Crippen LogP contribution in [-0.4, -0.2) is 0 Å². The number of hydrogen-bond acceptors (Lipinski definition) is 0. The molecule has 0 N–H and O–H groups in total. The van der Waals surface area contributed by atoms with Crippen molar-refractivity contribution < 1.29 is 0 Å². The zero-order valence-electron chi connectivity index (χ0n) is 14.2. The van der Waals surface area contributed by atoms with Crippen molar-refractivity contribution in [1.29, 1.82) is 0 Å². The Morgan fingerprint density at radius 3 is 2.60 bits per heavy atom. The van der Waals surface area contributed by atoms with E-state index in [0.29, 0.717) is 10.8 Å². The van der Waals surface area contributed by atoms with Crippen LogP contribution in [0.2, 0.25) is 0 Å². The SMILES string of the molecule is C=C(CC)CC[C@H]1C(=C)CC[C@H]2C(C)(C)CCC[C@]12C. The van der Waals surface area contributed by atoms with Gasteiger partial charge in [0.25, 0.3) is 0 Å². The summed E-state index contributed by atoms with van der Waals surface area (Å²) in [7, 11) is 0. The number of allylic oxidation sites excluding steroid dienone is 2. The van der Waals surface area contributed by atoms with Gasteiger partial charge in [-0.1, -0.05) is 58.4 Å². The predicted molar refractivity (Wildman–Crippen MR) is 89.8 cm³/mol. The van der Waals surface area contributed by atoms with Gasteiger partial charge in [0, 0.05) is 0 Å². The van der Waals surface area contributed by atoms with Crippen LogP contribution in [0.4, 0.5) is 0 Å². The second kappa shape index (κ2) is 5.70. The third kappa shape index (κ3) is 2.76. The summed E-state index contributed by atoms with van der Waals surface area (Å²) in [4.78, 5) is 0. The number of hydrogen-bond donors (Lipinski definition) is 0. The third-order valence-electron chi connectivity index (χ3n) is 6.61. The van der Waals surface area contributed by atoms with E-state index in [4.69, 9.17) is 0 Å². The second-order valence-corrected chi connectivity index (χ2v) is 8.29. The fourth-order valence-corrected chi connectivity index (χ4v) is 5.33. The molecule has 0 amide bonds. The molecule has 0 aliphatic heterocycles. The largest absolute Gasteiger partial charge is 0.0999 e. The van der Waals surface area contributed by atoms with Crippen molar-refractivity contribution in [1.82, 2.24) is 0 Å². The second-order valence-electron chi connectivity index (χ2n) is 8.29. The van der Waals surface area contributed by atoms with Gasteiger partial charge in [-0.15, -0.1) is 0 Å². The Balaban J connectivity index is 2.20. The standard InChI is InChI=1S/C20H34/c1-7-15(2)9-11-17-16(3)10-12-18-19(4,5)13-8-14-20(17,18)6/h17-18H,2-3,7-14H2,1,4-6H3/t17-,18-,20+/m0/s1. The lowest BCUT2D eigenvalue weighted by Gasteiger charge is -2.58. The van der Waals surface area contributed by atoms with Crippen LogP contribution in [0.5, 0.6) is 0 Å². The van der Waals surface area contributed by atoms with Gasteiger partial charge < -0.3 is 0 Å². The smallest absolute Gasteiger partial charge is 0.0146 e. The van der Waals surface area contributed by atoms with Crippen LogP contribution < -0.4 is 0 Å². The molecule has 0 radical (unpaired) electrons. The fourth-order valence-electron chi connectivity index (χ4n) is 5.33. The van der Waals surface area contributed by atoms with E-state index in [1.165, 1.54) is 56.1 Å². The molecule has 2 aliphatic carbocycles. The van der Waals surface area contributed by atoms with E-state index in [1.807, 2.05) is 0 Å². The molecule has 0 saturated heterocycles. The van der Waals surface area contributed by atoms with E-state index in [-0.39, 0.29) is 0 Å². The lowest BCUT2D eigenvalue weighted by Crippen LogP contribution is -2.49. The van der Waals surface area contributed by atoms with Crippen molar-refractivity contribution >= 4 is 0 Å². The highest BCUT2D eigenvalue weighted by molar-refractivity contribution is 5.16. The van der Waals surface area contributed by atoms with Crippen LogP contribution in [0.25, 0.3) is 0 Å². The number of rotatable bonds is 4. The summed E-state index contributed by atoms with van der Waals surface area (Å²) in [6, 6.07) is 0. The molecule has 0 heteroatoms. The maximum absolute atomic E-state index is 4.45. The molecule has 0 aromatic heterocycles. The highest BCUT2D eigenvalue weighted by Gasteiger charge is 2.52. The van der Waals surface area contributed by atoms with Crippen LogP contribution in [0.1, 0.15) is 79.1 Å². The zero-order valence-corrected chi connectivity index (χ0v) is 14.2. The minimum absolute atomic E-state index is 0.491. The van der Waals surface area contributed by atoms with E-state index in [1.54, 1.807) is 0 Å². The molecule has 2 rings (SSSR count). The molecule has 0 bridgehead atoms. The molecule has 114 valence electrons. The summed E-state index contributed by atoms with van der Waals surface area (Å²) in [6.45, 7) is 18.5. The highest BCUT2D eigenvalue weighted by atomic mass is 14.6. The summed E-state index contributed by atoms with van der Waals surface area (Å²) < 4.78 is 0. The first-order valence-electron chi connectivity index (χ1n) is 8.65. The van der Waals surface area contributed by atoms with Gasteiger partial charge >= 0.3 is 0 Å². The Morgan fingerprint density at radius 1 is 1.25 bits per heavy atom. The molecule has 2 saturated carbocycles. The van der Waals surface area contributed by atoms with Gasteiger partial charge in [0.15, 0.2) is 0 Å². The van der Waals surface area contributed by atoms with Gasteiger partial charge in [-0.25, -0.2) is 0 Å². The first kappa shape index (κ1) is 15.9. The van der Waals surface area contributed by atoms with E-state index in [0.717, 1.165) is 18.3 Å². The molecule has 2 fully saturated rings. The average Bonchev–Trinajstić information content (AvgIpc) is 2.36. The van der Waals surface area contributed by atoms with E-state index in [2.05, 4.69) is 40.9 Å². The van der Waals surface area contributed by atoms with Crippen LogP contribution >= 0.6 is 0 Å². The molecule has 20 heavy (non-hydrogen) atoms. The normalized spacial score (nSPS) is 36.5. The molecule has 2 aliphatic rings. The van der Waals surface area contributed by atoms with E-state index in [9.17, 15) is 0 Å². The van der Waals surface area contributed by atoms with E-state index < -0.39 is 0 Å². The summed E-state index contributed by atoms with van der Waals surface area (Å²) >= 11 is 0. The summed E-state index contributed by atoms with van der Waals surface area (Å²) in [5, 5.41) is 0. The summed E-state index contributed by atoms with van der Waals surface area (Å²) in [6.07, 6.45) is 10.5. The van der Waals surface area contributed by atoms with Crippen LogP contribution in [0, 0.1) is 22.7 Å². The van der Waals surface area contributed by atoms with Crippen molar-refractivity contribution in [3.63, 3.8) is 0 Å². The fraction of sp³-hybridized carbons (Fsp3) is 0.800. The predicted octanol–water partition coefficient (Wildman–Crippen LogP) is 6.53.